The van der Waals surface area contributed by atoms with Gasteiger partial charge in [0.15, 0.2) is 0 Å². The number of nitrogens with one attached hydrogen (secondary N) is 1. The van der Waals surface area contributed by atoms with E-state index in [1.807, 2.05) is 0 Å². The molecule has 0 radical (unpaired) electrons. The third-order valence-electron chi connectivity index (χ3n) is 3.93. The van der Waals surface area contributed by atoms with Gasteiger partial charge in [-0.2, -0.15) is 0 Å². The number of hydrogen-bond donors (Lipinski definition) is 1. The highest BCUT2D eigenvalue weighted by Crippen LogP contribution is 2.35. The van der Waals surface area contributed by atoms with E-state index in [9.17, 15) is 0 Å². The highest BCUT2D eigenvalue weighted by molar-refractivity contribution is 9.10. The average Bonchev–Trinajstić information content (AvgIpc) is 2.69. The molecule has 1 heterocycles. The first-order valence-electron chi connectivity index (χ1n) is 7.61. The van der Waals surface area contributed by atoms with Crippen LogP contribution >= 0.6 is 15.9 Å². The summed E-state index contributed by atoms with van der Waals surface area (Å²) in [6.07, 6.45) is 1.28. The molecule has 1 aromatic rings. The van der Waals surface area contributed by atoms with E-state index in [0.29, 0.717) is 11.3 Å². The highest BCUT2D eigenvalue weighted by Gasteiger charge is 2.30. The summed E-state index contributed by atoms with van der Waals surface area (Å²) < 4.78 is 1.17. The van der Waals surface area contributed by atoms with E-state index in [1.54, 1.807) is 0 Å². The fourth-order valence-electron chi connectivity index (χ4n) is 2.82. The molecule has 0 saturated carbocycles. The molecule has 0 spiro atoms. The predicted molar refractivity (Wildman–Crippen MR) is 91.3 cm³/mol. The van der Waals surface area contributed by atoms with Gasteiger partial charge >= 0.3 is 0 Å². The molecule has 1 N–H and O–H groups in total. The molecule has 0 amide bonds. The van der Waals surface area contributed by atoms with Crippen LogP contribution in [0.25, 0.3) is 0 Å². The van der Waals surface area contributed by atoms with Gasteiger partial charge in [0.05, 0.1) is 0 Å². The van der Waals surface area contributed by atoms with Gasteiger partial charge in [-0.15, -0.1) is 0 Å². The lowest BCUT2D eigenvalue weighted by Gasteiger charge is -2.24. The van der Waals surface area contributed by atoms with Gasteiger partial charge in [0.1, 0.15) is 0 Å². The molecule has 1 fully saturated rings. The third-order valence-corrected chi connectivity index (χ3v) is 4.42. The summed E-state index contributed by atoms with van der Waals surface area (Å²) >= 11 is 3.60. The lowest BCUT2D eigenvalue weighted by Crippen LogP contribution is -2.25. The Hall–Kier alpha value is -0.540. The van der Waals surface area contributed by atoms with Crippen molar-refractivity contribution in [1.29, 1.82) is 0 Å². The largest absolute Gasteiger partial charge is 0.371 e. The fourth-order valence-corrected chi connectivity index (χ4v) is 3.23. The van der Waals surface area contributed by atoms with Gasteiger partial charge in [-0.1, -0.05) is 43.6 Å². The summed E-state index contributed by atoms with van der Waals surface area (Å²) in [5.41, 5.74) is 3.24. The zero-order chi connectivity index (χ0) is 14.8. The summed E-state index contributed by atoms with van der Waals surface area (Å²) in [6, 6.07) is 6.68. The Bertz CT molecular complexity index is 454. The number of halogens is 1. The maximum absolute atomic E-state index is 3.60. The molecular weight excluding hydrogens is 312 g/mol. The molecule has 3 heteroatoms. The van der Waals surface area contributed by atoms with E-state index in [1.165, 1.54) is 28.7 Å². The molecule has 0 bridgehead atoms. The molecular formula is C17H27BrN2. The SMILES string of the molecule is CC(C)CNCc1cc(Br)ccc1N1CCC(C)(C)C1. The van der Waals surface area contributed by atoms with Crippen molar-refractivity contribution in [3.05, 3.63) is 28.2 Å². The number of anilines is 1. The standard InChI is InChI=1S/C17H27BrN2/c1-13(2)10-19-11-14-9-15(18)5-6-16(14)20-8-7-17(3,4)12-20/h5-6,9,13,19H,7-8,10-12H2,1-4H3. The van der Waals surface area contributed by atoms with Crippen LogP contribution in [0, 0.1) is 11.3 Å². The number of benzene rings is 1. The van der Waals surface area contributed by atoms with Crippen LogP contribution in [0.3, 0.4) is 0 Å². The minimum absolute atomic E-state index is 0.440. The Kier molecular flexibility index (Phi) is 5.14. The van der Waals surface area contributed by atoms with E-state index in [2.05, 4.69) is 72.0 Å². The lowest BCUT2D eigenvalue weighted by molar-refractivity contribution is 0.418. The van der Waals surface area contributed by atoms with Crippen molar-refractivity contribution < 1.29 is 0 Å². The molecule has 0 atom stereocenters. The van der Waals surface area contributed by atoms with Crippen molar-refractivity contribution >= 4 is 21.6 Å². The molecule has 1 aromatic carbocycles. The molecule has 1 saturated heterocycles. The van der Waals surface area contributed by atoms with Crippen LogP contribution in [0.5, 0.6) is 0 Å². The van der Waals surface area contributed by atoms with Gasteiger partial charge in [-0.25, -0.2) is 0 Å². The maximum atomic E-state index is 3.60. The molecule has 0 aromatic heterocycles. The van der Waals surface area contributed by atoms with E-state index in [4.69, 9.17) is 0 Å². The van der Waals surface area contributed by atoms with Crippen molar-refractivity contribution in [1.82, 2.24) is 5.32 Å². The van der Waals surface area contributed by atoms with Crippen molar-refractivity contribution in [3.8, 4) is 0 Å². The first kappa shape index (κ1) is 15.8. The zero-order valence-corrected chi connectivity index (χ0v) is 14.8. The Morgan fingerprint density at radius 2 is 2.10 bits per heavy atom. The van der Waals surface area contributed by atoms with Gasteiger partial charge in [-0.05, 0) is 48.1 Å². The molecule has 20 heavy (non-hydrogen) atoms. The molecule has 0 unspecified atom stereocenters. The Labute approximate surface area is 132 Å². The van der Waals surface area contributed by atoms with Gasteiger partial charge in [0, 0.05) is 29.8 Å². The Balaban J connectivity index is 2.12. The van der Waals surface area contributed by atoms with Crippen LogP contribution < -0.4 is 10.2 Å². The second-order valence-electron chi connectivity index (χ2n) is 7.13. The quantitative estimate of drug-likeness (QED) is 0.854. The highest BCUT2D eigenvalue weighted by atomic mass is 79.9. The van der Waals surface area contributed by atoms with Crippen molar-refractivity contribution in [2.24, 2.45) is 11.3 Å². The minimum atomic E-state index is 0.440. The molecule has 0 aliphatic carbocycles. The summed E-state index contributed by atoms with van der Waals surface area (Å²) in [6.45, 7) is 13.6. The van der Waals surface area contributed by atoms with Gasteiger partial charge in [-0.3, -0.25) is 0 Å². The zero-order valence-electron chi connectivity index (χ0n) is 13.2. The van der Waals surface area contributed by atoms with Gasteiger partial charge < -0.3 is 10.2 Å². The fraction of sp³-hybridized carbons (Fsp3) is 0.647. The van der Waals surface area contributed by atoms with E-state index in [-0.39, 0.29) is 0 Å². The molecule has 112 valence electrons. The van der Waals surface area contributed by atoms with Crippen molar-refractivity contribution in [2.75, 3.05) is 24.5 Å². The first-order valence-corrected chi connectivity index (χ1v) is 8.41. The molecule has 2 rings (SSSR count). The smallest absolute Gasteiger partial charge is 0.0412 e. The van der Waals surface area contributed by atoms with Crippen molar-refractivity contribution in [3.63, 3.8) is 0 Å². The average molecular weight is 339 g/mol. The van der Waals surface area contributed by atoms with Gasteiger partial charge in [0.2, 0.25) is 0 Å². The third kappa shape index (κ3) is 4.23. The topological polar surface area (TPSA) is 15.3 Å². The van der Waals surface area contributed by atoms with Gasteiger partial charge in [0.25, 0.3) is 0 Å². The normalized spacial score (nSPS) is 18.0. The van der Waals surface area contributed by atoms with Crippen LogP contribution in [0.2, 0.25) is 0 Å². The summed E-state index contributed by atoms with van der Waals surface area (Å²) in [7, 11) is 0. The number of hydrogen-bond acceptors (Lipinski definition) is 2. The van der Waals surface area contributed by atoms with E-state index in [0.717, 1.165) is 19.6 Å². The second kappa shape index (κ2) is 6.48. The molecule has 2 nitrogen and oxygen atoms in total. The van der Waals surface area contributed by atoms with Crippen LogP contribution in [0.1, 0.15) is 39.7 Å². The maximum Gasteiger partial charge on any atom is 0.0412 e. The Morgan fingerprint density at radius 1 is 1.35 bits per heavy atom. The molecule has 1 aliphatic heterocycles. The minimum Gasteiger partial charge on any atom is -0.371 e. The second-order valence-corrected chi connectivity index (χ2v) is 8.05. The summed E-state index contributed by atoms with van der Waals surface area (Å²) in [5.74, 6) is 0.691. The van der Waals surface area contributed by atoms with Crippen molar-refractivity contribution in [2.45, 2.75) is 40.7 Å². The first-order chi connectivity index (χ1) is 9.37. The Morgan fingerprint density at radius 3 is 2.70 bits per heavy atom. The van der Waals surface area contributed by atoms with E-state index >= 15 is 0 Å². The van der Waals surface area contributed by atoms with E-state index < -0.39 is 0 Å². The summed E-state index contributed by atoms with van der Waals surface area (Å²) in [4.78, 5) is 2.54. The number of nitrogens with zero attached hydrogens (tertiary/aromatic N) is 1. The lowest BCUT2D eigenvalue weighted by atomic mass is 9.93. The molecule has 1 aliphatic rings. The van der Waals surface area contributed by atoms with Crippen LogP contribution in [-0.4, -0.2) is 19.6 Å². The summed E-state index contributed by atoms with van der Waals surface area (Å²) in [5, 5.41) is 3.57. The van der Waals surface area contributed by atoms with Crippen LogP contribution in [-0.2, 0) is 6.54 Å². The van der Waals surface area contributed by atoms with Crippen LogP contribution in [0.15, 0.2) is 22.7 Å². The number of rotatable bonds is 5. The predicted octanol–water partition coefficient (Wildman–Crippen LogP) is 4.43. The monoisotopic (exact) mass is 338 g/mol. The van der Waals surface area contributed by atoms with Crippen LogP contribution in [0.4, 0.5) is 5.69 Å².